The molecule has 0 fully saturated rings. The zero-order valence-corrected chi connectivity index (χ0v) is 9.93. The number of pyridine rings is 2. The van der Waals surface area contributed by atoms with E-state index >= 15 is 0 Å². The lowest BCUT2D eigenvalue weighted by Gasteiger charge is -2.01. The summed E-state index contributed by atoms with van der Waals surface area (Å²) < 4.78 is 4.53. The van der Waals surface area contributed by atoms with Gasteiger partial charge in [0.25, 0.3) is 11.4 Å². The highest BCUT2D eigenvalue weighted by atomic mass is 15.0. The fourth-order valence-corrected chi connectivity index (χ4v) is 1.97. The molecule has 2 nitrogen and oxygen atoms in total. The molecule has 2 heterocycles. The van der Waals surface area contributed by atoms with Crippen LogP contribution in [0.15, 0.2) is 48.8 Å². The molecule has 0 saturated carbocycles. The number of hydrogen-bond acceptors (Lipinski definition) is 0. The molecule has 2 aromatic rings. The quantitative estimate of drug-likeness (QED) is 0.690. The fourth-order valence-electron chi connectivity index (χ4n) is 1.97. The van der Waals surface area contributed by atoms with Crippen LogP contribution in [-0.4, -0.2) is 0 Å². The minimum atomic E-state index is 0.995. The topological polar surface area (TPSA) is 7.76 Å². The predicted molar refractivity (Wildman–Crippen MR) is 63.6 cm³/mol. The molecule has 0 spiro atoms. The Balaban J connectivity index is 2.58. The Bertz CT molecular complexity index is 432. The molecular formula is C14H18N2+2. The molecule has 2 heteroatoms. The summed E-state index contributed by atoms with van der Waals surface area (Å²) in [6.45, 7) is 6.33. The number of nitrogens with zero attached hydrogens (tertiary/aromatic N) is 2. The van der Waals surface area contributed by atoms with Crippen molar-refractivity contribution in [2.45, 2.75) is 26.9 Å². The summed E-state index contributed by atoms with van der Waals surface area (Å²) in [5.74, 6) is 0. The van der Waals surface area contributed by atoms with Gasteiger partial charge >= 0.3 is 0 Å². The molecule has 2 rings (SSSR count). The summed E-state index contributed by atoms with van der Waals surface area (Å²) in [4.78, 5) is 0. The van der Waals surface area contributed by atoms with E-state index in [-0.39, 0.29) is 0 Å². The lowest BCUT2D eigenvalue weighted by Crippen LogP contribution is -2.41. The van der Waals surface area contributed by atoms with Crippen LogP contribution in [0, 0.1) is 0 Å². The van der Waals surface area contributed by atoms with Crippen molar-refractivity contribution in [1.82, 2.24) is 0 Å². The first kappa shape index (κ1) is 10.8. The summed E-state index contributed by atoms with van der Waals surface area (Å²) in [6, 6.07) is 12.7. The molecule has 2 aromatic heterocycles. The van der Waals surface area contributed by atoms with Gasteiger partial charge in [-0.3, -0.25) is 0 Å². The number of hydrogen-bond donors (Lipinski definition) is 0. The van der Waals surface area contributed by atoms with Crippen molar-refractivity contribution in [3.05, 3.63) is 48.8 Å². The maximum Gasteiger partial charge on any atom is 0.277 e. The zero-order valence-electron chi connectivity index (χ0n) is 9.93. The van der Waals surface area contributed by atoms with E-state index in [1.54, 1.807) is 0 Å². The van der Waals surface area contributed by atoms with Gasteiger partial charge in [0.05, 0.1) is 0 Å². The second-order valence-electron chi connectivity index (χ2n) is 3.74. The van der Waals surface area contributed by atoms with Crippen LogP contribution in [0.4, 0.5) is 0 Å². The Morgan fingerprint density at radius 3 is 1.56 bits per heavy atom. The molecule has 82 valence electrons. The predicted octanol–water partition coefficient (Wildman–Crippen LogP) is 1.97. The standard InChI is InChI=1S/C14H18N2/c1-3-15-11-7-5-9-13(15)14-10-6-8-12-16(14)4-2/h5-12H,3-4H2,1-2H3/q+2. The molecule has 0 saturated heterocycles. The summed E-state index contributed by atoms with van der Waals surface area (Å²) in [6.07, 6.45) is 4.25. The first-order valence-corrected chi connectivity index (χ1v) is 5.84. The van der Waals surface area contributed by atoms with Gasteiger partial charge < -0.3 is 0 Å². The molecule has 0 unspecified atom stereocenters. The van der Waals surface area contributed by atoms with E-state index in [1.165, 1.54) is 11.4 Å². The second-order valence-corrected chi connectivity index (χ2v) is 3.74. The molecule has 16 heavy (non-hydrogen) atoms. The SMILES string of the molecule is CC[n+]1ccccc1-c1cccc[n+]1CC. The third kappa shape index (κ3) is 1.96. The maximum absolute atomic E-state index is 2.27. The third-order valence-electron chi connectivity index (χ3n) is 2.83. The molecule has 0 bridgehead atoms. The van der Waals surface area contributed by atoms with Crippen molar-refractivity contribution in [1.29, 1.82) is 0 Å². The second kappa shape index (κ2) is 4.88. The highest BCUT2D eigenvalue weighted by Gasteiger charge is 2.19. The average Bonchev–Trinajstić information content (AvgIpc) is 2.38. The first-order chi connectivity index (χ1) is 7.86. The van der Waals surface area contributed by atoms with Crippen LogP contribution >= 0.6 is 0 Å². The fraction of sp³-hybridized carbons (Fsp3) is 0.286. The van der Waals surface area contributed by atoms with Gasteiger partial charge in [-0.25, -0.2) is 0 Å². The van der Waals surface area contributed by atoms with Crippen LogP contribution in [0.2, 0.25) is 0 Å². The van der Waals surface area contributed by atoms with Gasteiger partial charge in [0, 0.05) is 24.3 Å². The van der Waals surface area contributed by atoms with Crippen LogP contribution < -0.4 is 9.13 Å². The monoisotopic (exact) mass is 214 g/mol. The minimum Gasteiger partial charge on any atom is -0.193 e. The van der Waals surface area contributed by atoms with Crippen molar-refractivity contribution in [2.75, 3.05) is 0 Å². The van der Waals surface area contributed by atoms with E-state index in [0.29, 0.717) is 0 Å². The summed E-state index contributed by atoms with van der Waals surface area (Å²) in [5.41, 5.74) is 2.54. The van der Waals surface area contributed by atoms with Gasteiger partial charge in [-0.1, -0.05) is 0 Å². The Morgan fingerprint density at radius 2 is 1.19 bits per heavy atom. The molecule has 0 N–H and O–H groups in total. The molecule has 0 radical (unpaired) electrons. The highest BCUT2D eigenvalue weighted by molar-refractivity contribution is 5.45. The van der Waals surface area contributed by atoms with Crippen molar-refractivity contribution in [3.8, 4) is 11.4 Å². The molecule has 0 aliphatic carbocycles. The van der Waals surface area contributed by atoms with E-state index in [0.717, 1.165) is 13.1 Å². The van der Waals surface area contributed by atoms with Crippen LogP contribution in [-0.2, 0) is 13.1 Å². The maximum atomic E-state index is 2.27. The van der Waals surface area contributed by atoms with Gasteiger partial charge in [0.2, 0.25) is 0 Å². The van der Waals surface area contributed by atoms with Crippen molar-refractivity contribution in [3.63, 3.8) is 0 Å². The van der Waals surface area contributed by atoms with Gasteiger partial charge in [-0.05, 0) is 26.0 Å². The van der Waals surface area contributed by atoms with Crippen LogP contribution in [0.3, 0.4) is 0 Å². The Labute approximate surface area is 96.8 Å². The molecule has 0 aliphatic heterocycles. The minimum absolute atomic E-state index is 0.995. The third-order valence-corrected chi connectivity index (χ3v) is 2.83. The lowest BCUT2D eigenvalue weighted by molar-refractivity contribution is -0.711. The first-order valence-electron chi connectivity index (χ1n) is 5.84. The van der Waals surface area contributed by atoms with E-state index in [4.69, 9.17) is 0 Å². The van der Waals surface area contributed by atoms with Crippen molar-refractivity contribution >= 4 is 0 Å². The van der Waals surface area contributed by atoms with Gasteiger partial charge in [0.1, 0.15) is 13.1 Å². The molecule has 0 atom stereocenters. The number of aromatic nitrogens is 2. The van der Waals surface area contributed by atoms with Crippen molar-refractivity contribution in [2.24, 2.45) is 0 Å². The smallest absolute Gasteiger partial charge is 0.193 e. The zero-order chi connectivity index (χ0) is 11.4. The molecule has 0 amide bonds. The number of rotatable bonds is 3. The largest absolute Gasteiger partial charge is 0.277 e. The molecule has 0 aliphatic rings. The Kier molecular flexibility index (Phi) is 3.30. The number of aryl methyl sites for hydroxylation is 2. The lowest BCUT2D eigenvalue weighted by atomic mass is 10.2. The van der Waals surface area contributed by atoms with E-state index in [2.05, 4.69) is 71.8 Å². The summed E-state index contributed by atoms with van der Waals surface area (Å²) >= 11 is 0. The Morgan fingerprint density at radius 1 is 0.750 bits per heavy atom. The van der Waals surface area contributed by atoms with Crippen LogP contribution in [0.5, 0.6) is 0 Å². The average molecular weight is 214 g/mol. The highest BCUT2D eigenvalue weighted by Crippen LogP contribution is 2.09. The van der Waals surface area contributed by atoms with E-state index in [9.17, 15) is 0 Å². The van der Waals surface area contributed by atoms with Crippen LogP contribution in [0.25, 0.3) is 11.4 Å². The van der Waals surface area contributed by atoms with Crippen molar-refractivity contribution < 1.29 is 9.13 Å². The van der Waals surface area contributed by atoms with E-state index in [1.807, 2.05) is 0 Å². The normalized spacial score (nSPS) is 10.4. The Hall–Kier alpha value is -1.70. The molecular weight excluding hydrogens is 196 g/mol. The molecule has 0 aromatic carbocycles. The van der Waals surface area contributed by atoms with Gasteiger partial charge in [-0.2, -0.15) is 9.13 Å². The summed E-state index contributed by atoms with van der Waals surface area (Å²) in [7, 11) is 0. The summed E-state index contributed by atoms with van der Waals surface area (Å²) in [5, 5.41) is 0. The van der Waals surface area contributed by atoms with Crippen LogP contribution in [0.1, 0.15) is 13.8 Å². The van der Waals surface area contributed by atoms with E-state index < -0.39 is 0 Å². The van der Waals surface area contributed by atoms with Gasteiger partial charge in [-0.15, -0.1) is 0 Å². The van der Waals surface area contributed by atoms with Gasteiger partial charge in [0.15, 0.2) is 12.4 Å².